The van der Waals surface area contributed by atoms with E-state index in [-0.39, 0.29) is 5.92 Å². The molecule has 5 N–H and O–H groups in total. The number of nitrogens with two attached hydrogens (primary N) is 1. The second kappa shape index (κ2) is 8.38. The molecule has 0 aliphatic heterocycles. The number of urea groups is 1. The molecule has 0 aliphatic rings. The molecule has 0 heterocycles. The van der Waals surface area contributed by atoms with Crippen LogP contribution in [-0.4, -0.2) is 23.9 Å². The molecule has 0 saturated heterocycles. The molecule has 0 fully saturated rings. The van der Waals surface area contributed by atoms with Gasteiger partial charge < -0.3 is 11.1 Å². The number of rotatable bonds is 5. The average molecular weight is 371 g/mol. The van der Waals surface area contributed by atoms with Gasteiger partial charge in [-0.3, -0.25) is 20.4 Å². The summed E-state index contributed by atoms with van der Waals surface area (Å²) in [6.07, 6.45) is 0.406. The van der Waals surface area contributed by atoms with E-state index in [9.17, 15) is 14.4 Å². The highest BCUT2D eigenvalue weighted by atomic mass is 79.9. The molecule has 0 saturated carbocycles. The Kier molecular flexibility index (Phi) is 6.84. The van der Waals surface area contributed by atoms with Gasteiger partial charge in [-0.2, -0.15) is 0 Å². The SMILES string of the molecule is CC(C)C[C@H](NC(N)=O)C(=O)NNC(=O)c1ccc(Br)cc1. The lowest BCUT2D eigenvalue weighted by molar-refractivity contribution is -0.124. The first-order chi connectivity index (χ1) is 10.3. The van der Waals surface area contributed by atoms with Gasteiger partial charge in [-0.1, -0.05) is 29.8 Å². The summed E-state index contributed by atoms with van der Waals surface area (Å²) >= 11 is 3.27. The van der Waals surface area contributed by atoms with Gasteiger partial charge in [0.2, 0.25) is 0 Å². The average Bonchev–Trinajstić information content (AvgIpc) is 2.43. The van der Waals surface area contributed by atoms with Gasteiger partial charge in [-0.05, 0) is 36.6 Å². The molecule has 0 aliphatic carbocycles. The van der Waals surface area contributed by atoms with Crippen LogP contribution in [0.15, 0.2) is 28.7 Å². The lowest BCUT2D eigenvalue weighted by Gasteiger charge is -2.19. The van der Waals surface area contributed by atoms with Crippen LogP contribution in [0.1, 0.15) is 30.6 Å². The summed E-state index contributed by atoms with van der Waals surface area (Å²) in [6, 6.07) is 5.06. The normalized spacial score (nSPS) is 11.6. The topological polar surface area (TPSA) is 113 Å². The van der Waals surface area contributed by atoms with Gasteiger partial charge in [0.05, 0.1) is 0 Å². The molecule has 1 atom stereocenters. The number of carbonyl (C=O) groups excluding carboxylic acids is 3. The number of benzene rings is 1. The Balaban J connectivity index is 2.59. The molecule has 0 radical (unpaired) electrons. The van der Waals surface area contributed by atoms with Crippen LogP contribution in [-0.2, 0) is 4.79 Å². The predicted molar refractivity (Wildman–Crippen MR) is 85.7 cm³/mol. The third-order valence-electron chi connectivity index (χ3n) is 2.75. The minimum Gasteiger partial charge on any atom is -0.352 e. The van der Waals surface area contributed by atoms with Crippen molar-refractivity contribution in [2.45, 2.75) is 26.3 Å². The van der Waals surface area contributed by atoms with E-state index >= 15 is 0 Å². The number of hydrogen-bond donors (Lipinski definition) is 4. The Morgan fingerprint density at radius 2 is 1.73 bits per heavy atom. The summed E-state index contributed by atoms with van der Waals surface area (Å²) in [5, 5.41) is 2.35. The van der Waals surface area contributed by atoms with Crippen LogP contribution >= 0.6 is 15.9 Å². The molecule has 120 valence electrons. The summed E-state index contributed by atoms with van der Waals surface area (Å²) in [7, 11) is 0. The quantitative estimate of drug-likeness (QED) is 0.585. The van der Waals surface area contributed by atoms with E-state index in [2.05, 4.69) is 32.1 Å². The predicted octanol–water partition coefficient (Wildman–Crippen LogP) is 1.29. The molecule has 0 bridgehead atoms. The smallest absolute Gasteiger partial charge is 0.312 e. The minimum atomic E-state index is -0.803. The van der Waals surface area contributed by atoms with Crippen LogP contribution in [0.2, 0.25) is 0 Å². The van der Waals surface area contributed by atoms with E-state index in [0.29, 0.717) is 12.0 Å². The number of halogens is 1. The highest BCUT2D eigenvalue weighted by molar-refractivity contribution is 9.10. The van der Waals surface area contributed by atoms with Gasteiger partial charge in [0, 0.05) is 10.0 Å². The van der Waals surface area contributed by atoms with Gasteiger partial charge in [-0.25, -0.2) is 4.79 Å². The molecule has 0 aromatic heterocycles. The van der Waals surface area contributed by atoms with Crippen LogP contribution in [0.4, 0.5) is 4.79 Å². The lowest BCUT2D eigenvalue weighted by atomic mass is 10.0. The number of carbonyl (C=O) groups is 3. The van der Waals surface area contributed by atoms with Crippen molar-refractivity contribution in [3.8, 4) is 0 Å². The maximum atomic E-state index is 12.0. The zero-order valence-corrected chi connectivity index (χ0v) is 13.9. The monoisotopic (exact) mass is 370 g/mol. The standard InChI is InChI=1S/C14H19BrN4O3/c1-8(2)7-11(17-14(16)22)13(21)19-18-12(20)9-3-5-10(15)6-4-9/h3-6,8,11H,7H2,1-2H3,(H,18,20)(H,19,21)(H3,16,17,22)/t11-/m0/s1. The molecule has 22 heavy (non-hydrogen) atoms. The van der Waals surface area contributed by atoms with Crippen molar-refractivity contribution in [3.63, 3.8) is 0 Å². The highest BCUT2D eigenvalue weighted by Gasteiger charge is 2.21. The van der Waals surface area contributed by atoms with E-state index in [1.165, 1.54) is 0 Å². The number of primary amides is 1. The summed E-state index contributed by atoms with van der Waals surface area (Å²) < 4.78 is 0.843. The molecule has 8 heteroatoms. The van der Waals surface area contributed by atoms with Gasteiger partial charge >= 0.3 is 6.03 Å². The third-order valence-corrected chi connectivity index (χ3v) is 3.27. The summed E-state index contributed by atoms with van der Waals surface area (Å²) in [4.78, 5) is 34.8. The molecular formula is C14H19BrN4O3. The maximum absolute atomic E-state index is 12.0. The lowest BCUT2D eigenvalue weighted by Crippen LogP contribution is -2.53. The third kappa shape index (κ3) is 6.13. The summed E-state index contributed by atoms with van der Waals surface area (Å²) in [6.45, 7) is 3.81. The fourth-order valence-corrected chi connectivity index (χ4v) is 2.02. The Morgan fingerprint density at radius 1 is 1.14 bits per heavy atom. The van der Waals surface area contributed by atoms with Crippen molar-refractivity contribution >= 4 is 33.8 Å². The first-order valence-electron chi connectivity index (χ1n) is 6.71. The Bertz CT molecular complexity index is 546. The van der Waals surface area contributed by atoms with Crippen LogP contribution in [0.25, 0.3) is 0 Å². The van der Waals surface area contributed by atoms with Crippen molar-refractivity contribution < 1.29 is 14.4 Å². The van der Waals surface area contributed by atoms with E-state index in [1.807, 2.05) is 13.8 Å². The van der Waals surface area contributed by atoms with Crippen LogP contribution in [0.5, 0.6) is 0 Å². The van der Waals surface area contributed by atoms with Crippen molar-refractivity contribution in [2.75, 3.05) is 0 Å². The number of nitrogens with one attached hydrogen (secondary N) is 3. The zero-order chi connectivity index (χ0) is 16.7. The summed E-state index contributed by atoms with van der Waals surface area (Å²) in [5.41, 5.74) is 10.0. The van der Waals surface area contributed by atoms with Crippen LogP contribution in [0, 0.1) is 5.92 Å². The Morgan fingerprint density at radius 3 is 2.23 bits per heavy atom. The van der Waals surface area contributed by atoms with E-state index in [0.717, 1.165) is 4.47 Å². The van der Waals surface area contributed by atoms with Crippen molar-refractivity contribution in [2.24, 2.45) is 11.7 Å². The van der Waals surface area contributed by atoms with Gasteiger partial charge in [0.1, 0.15) is 6.04 Å². The van der Waals surface area contributed by atoms with E-state index < -0.39 is 23.9 Å². The zero-order valence-electron chi connectivity index (χ0n) is 12.4. The Labute approximate surface area is 137 Å². The molecule has 1 aromatic carbocycles. The van der Waals surface area contributed by atoms with Crippen molar-refractivity contribution in [3.05, 3.63) is 34.3 Å². The second-order valence-electron chi connectivity index (χ2n) is 5.14. The van der Waals surface area contributed by atoms with Gasteiger partial charge in [0.15, 0.2) is 0 Å². The molecule has 0 spiro atoms. The van der Waals surface area contributed by atoms with Crippen LogP contribution in [0.3, 0.4) is 0 Å². The molecule has 7 nitrogen and oxygen atoms in total. The maximum Gasteiger partial charge on any atom is 0.312 e. The fraction of sp³-hybridized carbons (Fsp3) is 0.357. The summed E-state index contributed by atoms with van der Waals surface area (Å²) in [5.74, 6) is -0.814. The second-order valence-corrected chi connectivity index (χ2v) is 6.06. The molecule has 1 aromatic rings. The molecule has 1 rings (SSSR count). The van der Waals surface area contributed by atoms with E-state index in [4.69, 9.17) is 5.73 Å². The minimum absolute atomic E-state index is 0.171. The number of hydrazine groups is 1. The van der Waals surface area contributed by atoms with Crippen LogP contribution < -0.4 is 21.9 Å². The molecular weight excluding hydrogens is 352 g/mol. The van der Waals surface area contributed by atoms with E-state index in [1.54, 1.807) is 24.3 Å². The molecule has 4 amide bonds. The largest absolute Gasteiger partial charge is 0.352 e. The Hall–Kier alpha value is -2.09. The number of amides is 4. The first kappa shape index (κ1) is 18.0. The fourth-order valence-electron chi connectivity index (χ4n) is 1.75. The van der Waals surface area contributed by atoms with Crippen molar-refractivity contribution in [1.82, 2.24) is 16.2 Å². The van der Waals surface area contributed by atoms with Gasteiger partial charge in [-0.15, -0.1) is 0 Å². The molecule has 0 unspecified atom stereocenters. The highest BCUT2D eigenvalue weighted by Crippen LogP contribution is 2.10. The number of hydrogen-bond acceptors (Lipinski definition) is 3. The van der Waals surface area contributed by atoms with Gasteiger partial charge in [0.25, 0.3) is 11.8 Å². The first-order valence-corrected chi connectivity index (χ1v) is 7.50. The van der Waals surface area contributed by atoms with Crippen molar-refractivity contribution in [1.29, 1.82) is 0 Å².